The maximum absolute atomic E-state index is 13.3. The molecule has 0 saturated carbocycles. The van der Waals surface area contributed by atoms with Crippen molar-refractivity contribution in [2.24, 2.45) is 11.7 Å². The minimum absolute atomic E-state index is 0.0613. The van der Waals surface area contributed by atoms with Crippen molar-refractivity contribution in [1.29, 1.82) is 0 Å². The molecule has 1 heterocycles. The van der Waals surface area contributed by atoms with Gasteiger partial charge in [0.2, 0.25) is 10.0 Å². The molecule has 0 aliphatic carbocycles. The number of hydrogen-bond donors (Lipinski definition) is 3. The van der Waals surface area contributed by atoms with Crippen molar-refractivity contribution in [3.05, 3.63) is 83.7 Å². The quantitative estimate of drug-likeness (QED) is 0.175. The van der Waals surface area contributed by atoms with Crippen molar-refractivity contribution in [3.8, 4) is 11.5 Å². The van der Waals surface area contributed by atoms with Crippen molar-refractivity contribution in [1.82, 2.24) is 9.71 Å². The zero-order chi connectivity index (χ0) is 30.7. The van der Waals surface area contributed by atoms with Gasteiger partial charge in [0, 0.05) is 31.1 Å². The van der Waals surface area contributed by atoms with Gasteiger partial charge < -0.3 is 25.1 Å². The number of primary amides is 1. The molecule has 1 amide bonds. The summed E-state index contributed by atoms with van der Waals surface area (Å²) in [6.07, 6.45) is -1.47. The zero-order valence-corrected chi connectivity index (χ0v) is 24.7. The number of amides is 1. The fourth-order valence-corrected chi connectivity index (χ4v) is 5.41. The number of carbonyl (C=O) groups is 2. The second-order valence-corrected chi connectivity index (χ2v) is 11.7. The van der Waals surface area contributed by atoms with E-state index in [0.717, 1.165) is 5.69 Å². The molecule has 0 aliphatic rings. The van der Waals surface area contributed by atoms with Crippen LogP contribution >= 0.6 is 0 Å². The highest BCUT2D eigenvalue weighted by atomic mass is 32.2. The van der Waals surface area contributed by atoms with E-state index in [1.54, 1.807) is 43.5 Å². The lowest BCUT2D eigenvalue weighted by atomic mass is 10.0. The van der Waals surface area contributed by atoms with E-state index in [9.17, 15) is 23.1 Å². The summed E-state index contributed by atoms with van der Waals surface area (Å²) < 4.78 is 45.3. The highest BCUT2D eigenvalue weighted by molar-refractivity contribution is 7.89. The van der Waals surface area contributed by atoms with Gasteiger partial charge in [0.1, 0.15) is 30.3 Å². The number of nitrogens with two attached hydrogens (primary N) is 1. The van der Waals surface area contributed by atoms with Gasteiger partial charge in [0.25, 0.3) is 0 Å². The Bertz CT molecular complexity index is 1430. The number of rotatable bonds is 15. The third-order valence-corrected chi connectivity index (χ3v) is 7.66. The Morgan fingerprint density at radius 1 is 1.02 bits per heavy atom. The van der Waals surface area contributed by atoms with Gasteiger partial charge in [-0.3, -0.25) is 9.78 Å². The fourth-order valence-electron chi connectivity index (χ4n) is 4.10. The highest BCUT2D eigenvalue weighted by Crippen LogP contribution is 2.29. The summed E-state index contributed by atoms with van der Waals surface area (Å²) in [6.45, 7) is 5.29. The molecular formula is C30H37N3O8S. The molecule has 0 bridgehead atoms. The van der Waals surface area contributed by atoms with E-state index in [4.69, 9.17) is 19.9 Å². The Labute approximate surface area is 246 Å². The summed E-state index contributed by atoms with van der Waals surface area (Å²) in [4.78, 5) is 27.7. The summed E-state index contributed by atoms with van der Waals surface area (Å²) in [5.74, 6) is 0.332. The molecule has 0 radical (unpaired) electrons. The molecule has 0 saturated heterocycles. The second kappa shape index (κ2) is 15.3. The molecule has 2 atom stereocenters. The Kier molecular flexibility index (Phi) is 11.8. The van der Waals surface area contributed by atoms with Crippen LogP contribution in [-0.4, -0.2) is 49.3 Å². The Morgan fingerprint density at radius 3 is 2.38 bits per heavy atom. The number of hydrogen-bond acceptors (Lipinski definition) is 9. The predicted octanol–water partition coefficient (Wildman–Crippen LogP) is 3.52. The predicted molar refractivity (Wildman–Crippen MR) is 155 cm³/mol. The first-order chi connectivity index (χ1) is 20.0. The minimum atomic E-state index is -4.16. The third kappa shape index (κ3) is 9.82. The molecule has 3 rings (SSSR count). The number of aliphatic hydroxyl groups excluding tert-OH is 1. The average Bonchev–Trinajstić information content (AvgIpc) is 2.96. The molecule has 226 valence electrons. The van der Waals surface area contributed by atoms with Crippen LogP contribution in [-0.2, 0) is 39.0 Å². The molecule has 0 spiro atoms. The lowest BCUT2D eigenvalue weighted by Gasteiger charge is -2.23. The number of carbonyl (C=O) groups excluding carboxylic acids is 2. The molecule has 4 N–H and O–H groups in total. The second-order valence-electron chi connectivity index (χ2n) is 10.0. The highest BCUT2D eigenvalue weighted by Gasteiger charge is 2.28. The average molecular weight is 600 g/mol. The van der Waals surface area contributed by atoms with Gasteiger partial charge in [-0.1, -0.05) is 45.0 Å². The van der Waals surface area contributed by atoms with E-state index >= 15 is 0 Å². The number of sulfonamides is 1. The number of esters is 1. The zero-order valence-electron chi connectivity index (χ0n) is 23.9. The van der Waals surface area contributed by atoms with Crippen LogP contribution in [0.1, 0.15) is 44.0 Å². The largest absolute Gasteiger partial charge is 0.487 e. The maximum atomic E-state index is 13.3. The molecule has 11 nitrogen and oxygen atoms in total. The van der Waals surface area contributed by atoms with Crippen LogP contribution in [0.25, 0.3) is 0 Å². The summed E-state index contributed by atoms with van der Waals surface area (Å²) in [5, 5.41) is 10.9. The molecule has 0 aliphatic heterocycles. The molecule has 0 fully saturated rings. The Balaban J connectivity index is 1.71. The van der Waals surface area contributed by atoms with E-state index < -0.39 is 40.8 Å². The molecular weight excluding hydrogens is 562 g/mol. The van der Waals surface area contributed by atoms with Crippen LogP contribution in [0, 0.1) is 5.92 Å². The first-order valence-corrected chi connectivity index (χ1v) is 15.0. The van der Waals surface area contributed by atoms with Gasteiger partial charge in [-0.05, 0) is 54.3 Å². The van der Waals surface area contributed by atoms with Gasteiger partial charge in [-0.15, -0.1) is 0 Å². The van der Waals surface area contributed by atoms with Gasteiger partial charge in [0.15, 0.2) is 0 Å². The van der Waals surface area contributed by atoms with Crippen LogP contribution in [0.15, 0.2) is 71.8 Å². The van der Waals surface area contributed by atoms with Gasteiger partial charge in [-0.2, -0.15) is 0 Å². The lowest BCUT2D eigenvalue weighted by molar-refractivity contribution is -0.134. The van der Waals surface area contributed by atoms with Crippen molar-refractivity contribution in [3.63, 3.8) is 0 Å². The van der Waals surface area contributed by atoms with E-state index in [1.165, 1.54) is 12.1 Å². The lowest BCUT2D eigenvalue weighted by Crippen LogP contribution is -2.43. The smallest absolute Gasteiger partial charge is 0.404 e. The standard InChI is InChI=1S/C30H37N3O8S/c1-4-29(35)40-26-9-7-10-28(24(26)16-20(2)3)42(37,38)33-18-25(34)27(41-30(31)36)17-21-11-13-23(14-12-21)39-19-22-8-5-6-15-32-22/h5-15,20,25,27,33-34H,4,16-19H2,1-3H3,(H2,31,36). The third-order valence-electron chi connectivity index (χ3n) is 6.16. The molecule has 2 unspecified atom stereocenters. The summed E-state index contributed by atoms with van der Waals surface area (Å²) >= 11 is 0. The van der Waals surface area contributed by atoms with Gasteiger partial charge in [-0.25, -0.2) is 17.9 Å². The molecule has 2 aromatic carbocycles. The van der Waals surface area contributed by atoms with Crippen LogP contribution in [0.4, 0.5) is 4.79 Å². The number of nitrogens with zero attached hydrogens (tertiary/aromatic N) is 1. The number of aliphatic hydroxyl groups is 1. The number of nitrogens with one attached hydrogen (secondary N) is 1. The van der Waals surface area contributed by atoms with E-state index in [2.05, 4.69) is 9.71 Å². The van der Waals surface area contributed by atoms with Crippen molar-refractivity contribution >= 4 is 22.1 Å². The van der Waals surface area contributed by atoms with Crippen LogP contribution in [0.3, 0.4) is 0 Å². The number of benzene rings is 2. The van der Waals surface area contributed by atoms with Crippen LogP contribution in [0.5, 0.6) is 11.5 Å². The summed E-state index contributed by atoms with van der Waals surface area (Å²) in [5.41, 5.74) is 7.05. The Morgan fingerprint density at radius 2 is 1.76 bits per heavy atom. The molecule has 1 aromatic heterocycles. The minimum Gasteiger partial charge on any atom is -0.487 e. The first-order valence-electron chi connectivity index (χ1n) is 13.6. The van der Waals surface area contributed by atoms with E-state index in [1.807, 2.05) is 32.0 Å². The fraction of sp³-hybridized carbons (Fsp3) is 0.367. The van der Waals surface area contributed by atoms with Crippen LogP contribution in [0.2, 0.25) is 0 Å². The van der Waals surface area contributed by atoms with E-state index in [-0.39, 0.29) is 36.0 Å². The van der Waals surface area contributed by atoms with Gasteiger partial charge in [0.05, 0.1) is 10.6 Å². The van der Waals surface area contributed by atoms with Crippen molar-refractivity contribution < 1.29 is 37.3 Å². The first kappa shape index (κ1) is 32.5. The summed E-state index contributed by atoms with van der Waals surface area (Å²) in [7, 11) is -4.16. The normalized spacial score (nSPS) is 12.9. The summed E-state index contributed by atoms with van der Waals surface area (Å²) in [6, 6.07) is 16.9. The topological polar surface area (TPSA) is 167 Å². The maximum Gasteiger partial charge on any atom is 0.404 e. The number of ether oxygens (including phenoxy) is 3. The molecule has 12 heteroatoms. The number of pyridine rings is 1. The van der Waals surface area contributed by atoms with Crippen LogP contribution < -0.4 is 19.9 Å². The van der Waals surface area contributed by atoms with Crippen molar-refractivity contribution in [2.75, 3.05) is 6.54 Å². The SMILES string of the molecule is CCC(=O)Oc1cccc(S(=O)(=O)NCC(O)C(Cc2ccc(OCc3ccccn3)cc2)OC(N)=O)c1CC(C)C. The van der Waals surface area contributed by atoms with E-state index in [0.29, 0.717) is 23.3 Å². The molecule has 3 aromatic rings. The monoisotopic (exact) mass is 599 g/mol. The number of aromatic nitrogens is 1. The van der Waals surface area contributed by atoms with Crippen molar-refractivity contribution in [2.45, 2.75) is 63.7 Å². The molecule has 42 heavy (non-hydrogen) atoms. The Hall–Kier alpha value is -4.00. The van der Waals surface area contributed by atoms with Gasteiger partial charge >= 0.3 is 12.1 Å².